The van der Waals surface area contributed by atoms with Crippen molar-refractivity contribution in [2.24, 2.45) is 5.73 Å². The van der Waals surface area contributed by atoms with E-state index in [0.29, 0.717) is 17.2 Å². The molecule has 0 saturated carbocycles. The molecule has 2 amide bonds. The van der Waals surface area contributed by atoms with Crippen molar-refractivity contribution < 1.29 is 4.79 Å². The highest BCUT2D eigenvalue weighted by atomic mass is 79.9. The molecule has 0 aliphatic heterocycles. The first-order valence-corrected chi connectivity index (χ1v) is 10.6. The van der Waals surface area contributed by atoms with Crippen LogP contribution in [0.4, 0.5) is 22.0 Å². The number of amides is 2. The average Bonchev–Trinajstić information content (AvgIpc) is 3.08. The first-order valence-electron chi connectivity index (χ1n) is 8.97. The molecule has 0 aliphatic carbocycles. The number of nitrogens with zero attached hydrogens (tertiary/aromatic N) is 3. The standard InChI is InChI=1S/C21H18BrN5OS/c1-2-16-17(18-19(23)25-11-26-20(18)29-16)12-6-8-14(9-7-12)27(21(24)28)15-5-3-4-13(22)10-15/h3-11H,2H2,1H3,(H2,24,28)(H2,23,25,26). The number of urea groups is 1. The number of fused-ring (bicyclic) bond motifs is 1. The lowest BCUT2D eigenvalue weighted by atomic mass is 10.0. The van der Waals surface area contributed by atoms with Crippen molar-refractivity contribution in [3.8, 4) is 11.1 Å². The Labute approximate surface area is 180 Å². The number of hydrogen-bond donors (Lipinski definition) is 2. The van der Waals surface area contributed by atoms with E-state index in [-0.39, 0.29) is 0 Å². The van der Waals surface area contributed by atoms with Crippen LogP contribution >= 0.6 is 27.3 Å². The Morgan fingerprint density at radius 1 is 1.14 bits per heavy atom. The largest absolute Gasteiger partial charge is 0.383 e. The Balaban J connectivity index is 1.81. The predicted octanol–water partition coefficient (Wildman–Crippen LogP) is 5.48. The monoisotopic (exact) mass is 467 g/mol. The van der Waals surface area contributed by atoms with Gasteiger partial charge in [-0.15, -0.1) is 11.3 Å². The van der Waals surface area contributed by atoms with E-state index >= 15 is 0 Å². The van der Waals surface area contributed by atoms with Gasteiger partial charge in [-0.1, -0.05) is 41.1 Å². The number of nitrogens with two attached hydrogens (primary N) is 2. The molecule has 2 aromatic heterocycles. The number of carbonyl (C=O) groups is 1. The molecule has 0 spiro atoms. The van der Waals surface area contributed by atoms with Crippen molar-refractivity contribution in [1.82, 2.24) is 9.97 Å². The maximum atomic E-state index is 12.1. The number of aromatic nitrogens is 2. The minimum atomic E-state index is -0.552. The number of rotatable bonds is 4. The van der Waals surface area contributed by atoms with E-state index in [2.05, 4.69) is 32.8 Å². The molecule has 8 heteroatoms. The molecular weight excluding hydrogens is 450 g/mol. The van der Waals surface area contributed by atoms with Crippen molar-refractivity contribution in [3.63, 3.8) is 0 Å². The number of thiophene rings is 1. The molecule has 29 heavy (non-hydrogen) atoms. The summed E-state index contributed by atoms with van der Waals surface area (Å²) in [4.78, 5) is 24.2. The summed E-state index contributed by atoms with van der Waals surface area (Å²) in [5, 5.41) is 0.876. The minimum absolute atomic E-state index is 0.470. The van der Waals surface area contributed by atoms with Gasteiger partial charge >= 0.3 is 6.03 Å². The highest BCUT2D eigenvalue weighted by Crippen LogP contribution is 2.41. The summed E-state index contributed by atoms with van der Waals surface area (Å²) in [5.41, 5.74) is 15.2. The Morgan fingerprint density at radius 2 is 1.90 bits per heavy atom. The summed E-state index contributed by atoms with van der Waals surface area (Å²) in [6, 6.07) is 14.6. The summed E-state index contributed by atoms with van der Waals surface area (Å²) in [6.45, 7) is 2.11. The number of benzene rings is 2. The van der Waals surface area contributed by atoms with Crippen molar-refractivity contribution in [2.45, 2.75) is 13.3 Å². The predicted molar refractivity (Wildman–Crippen MR) is 123 cm³/mol. The molecule has 6 nitrogen and oxygen atoms in total. The van der Waals surface area contributed by atoms with Gasteiger partial charge in [0.15, 0.2) is 0 Å². The Hall–Kier alpha value is -2.97. The van der Waals surface area contributed by atoms with Crippen LogP contribution < -0.4 is 16.4 Å². The second kappa shape index (κ2) is 7.81. The van der Waals surface area contributed by atoms with Gasteiger partial charge in [0.1, 0.15) is 17.0 Å². The lowest BCUT2D eigenvalue weighted by Gasteiger charge is -2.21. The smallest absolute Gasteiger partial charge is 0.323 e. The van der Waals surface area contributed by atoms with Gasteiger partial charge in [-0.3, -0.25) is 4.90 Å². The molecule has 4 rings (SSSR count). The molecule has 146 valence electrons. The number of primary amides is 1. The van der Waals surface area contributed by atoms with Crippen molar-refractivity contribution in [3.05, 3.63) is 64.2 Å². The lowest BCUT2D eigenvalue weighted by Crippen LogP contribution is -2.31. The highest BCUT2D eigenvalue weighted by molar-refractivity contribution is 9.10. The van der Waals surface area contributed by atoms with Gasteiger partial charge in [0, 0.05) is 14.9 Å². The van der Waals surface area contributed by atoms with Crippen LogP contribution in [-0.2, 0) is 6.42 Å². The average molecular weight is 468 g/mol. The van der Waals surface area contributed by atoms with Crippen LogP contribution in [0.3, 0.4) is 0 Å². The lowest BCUT2D eigenvalue weighted by molar-refractivity contribution is 0.256. The molecular formula is C21H18BrN5OS. The first kappa shape index (κ1) is 19.4. The van der Waals surface area contributed by atoms with E-state index in [0.717, 1.165) is 32.2 Å². The van der Waals surface area contributed by atoms with Gasteiger partial charge in [-0.2, -0.15) is 0 Å². The fourth-order valence-corrected chi connectivity index (χ4v) is 4.85. The number of carbonyl (C=O) groups excluding carboxylic acids is 1. The van der Waals surface area contributed by atoms with Crippen LogP contribution in [0.25, 0.3) is 21.3 Å². The quantitative estimate of drug-likeness (QED) is 0.414. The van der Waals surface area contributed by atoms with Crippen molar-refractivity contribution in [1.29, 1.82) is 0 Å². The molecule has 4 N–H and O–H groups in total. The highest BCUT2D eigenvalue weighted by Gasteiger charge is 2.19. The molecule has 2 heterocycles. The van der Waals surface area contributed by atoms with E-state index in [9.17, 15) is 4.79 Å². The second-order valence-corrected chi connectivity index (χ2v) is 8.39. The Morgan fingerprint density at radius 3 is 2.55 bits per heavy atom. The van der Waals surface area contributed by atoms with Gasteiger partial charge in [-0.05, 0) is 42.3 Å². The van der Waals surface area contributed by atoms with E-state index in [1.165, 1.54) is 16.1 Å². The third-order valence-corrected chi connectivity index (χ3v) is 6.35. The minimum Gasteiger partial charge on any atom is -0.383 e. The Kier molecular flexibility index (Phi) is 5.21. The maximum Gasteiger partial charge on any atom is 0.323 e. The third-order valence-electron chi connectivity index (χ3n) is 4.61. The summed E-state index contributed by atoms with van der Waals surface area (Å²) >= 11 is 5.06. The molecule has 0 atom stereocenters. The van der Waals surface area contributed by atoms with Gasteiger partial charge in [-0.25, -0.2) is 14.8 Å². The van der Waals surface area contributed by atoms with Crippen LogP contribution in [0, 0.1) is 0 Å². The zero-order chi connectivity index (χ0) is 20.5. The first-order chi connectivity index (χ1) is 14.0. The molecule has 0 fully saturated rings. The molecule has 0 aliphatic rings. The number of nitrogen functional groups attached to an aromatic ring is 1. The summed E-state index contributed by atoms with van der Waals surface area (Å²) < 4.78 is 0.866. The molecule has 0 saturated heterocycles. The van der Waals surface area contributed by atoms with E-state index in [1.54, 1.807) is 11.3 Å². The van der Waals surface area contributed by atoms with Gasteiger partial charge < -0.3 is 11.5 Å². The van der Waals surface area contributed by atoms with E-state index in [1.807, 2.05) is 48.5 Å². The number of halogens is 1. The zero-order valence-electron chi connectivity index (χ0n) is 15.6. The van der Waals surface area contributed by atoms with Gasteiger partial charge in [0.25, 0.3) is 0 Å². The normalized spacial score (nSPS) is 11.0. The molecule has 0 radical (unpaired) electrons. The number of aryl methyl sites for hydroxylation is 1. The van der Waals surface area contributed by atoms with E-state index in [4.69, 9.17) is 11.5 Å². The van der Waals surface area contributed by atoms with Gasteiger partial charge in [0.05, 0.1) is 16.8 Å². The maximum absolute atomic E-state index is 12.1. The van der Waals surface area contributed by atoms with Crippen LogP contribution in [0.2, 0.25) is 0 Å². The topological polar surface area (TPSA) is 98.1 Å². The second-order valence-electron chi connectivity index (χ2n) is 6.39. The Bertz CT molecular complexity index is 1210. The molecule has 0 bridgehead atoms. The van der Waals surface area contributed by atoms with Crippen LogP contribution in [0.15, 0.2) is 59.3 Å². The number of anilines is 3. The van der Waals surface area contributed by atoms with Crippen LogP contribution in [0.1, 0.15) is 11.8 Å². The number of hydrogen-bond acceptors (Lipinski definition) is 5. The van der Waals surface area contributed by atoms with E-state index < -0.39 is 6.03 Å². The SMILES string of the molecule is CCc1sc2ncnc(N)c2c1-c1ccc(N(C(N)=O)c2cccc(Br)c2)cc1. The molecule has 4 aromatic rings. The fraction of sp³-hybridized carbons (Fsp3) is 0.0952. The summed E-state index contributed by atoms with van der Waals surface area (Å²) in [6.07, 6.45) is 2.35. The summed E-state index contributed by atoms with van der Waals surface area (Å²) in [5.74, 6) is 0.470. The fourth-order valence-electron chi connectivity index (χ4n) is 3.35. The summed E-state index contributed by atoms with van der Waals surface area (Å²) in [7, 11) is 0. The van der Waals surface area contributed by atoms with Crippen LogP contribution in [0.5, 0.6) is 0 Å². The van der Waals surface area contributed by atoms with Crippen molar-refractivity contribution in [2.75, 3.05) is 10.6 Å². The van der Waals surface area contributed by atoms with Crippen molar-refractivity contribution >= 4 is 60.7 Å². The zero-order valence-corrected chi connectivity index (χ0v) is 18.0. The van der Waals surface area contributed by atoms with Crippen LogP contribution in [-0.4, -0.2) is 16.0 Å². The third kappa shape index (κ3) is 3.56. The molecule has 2 aromatic carbocycles. The van der Waals surface area contributed by atoms with Gasteiger partial charge in [0.2, 0.25) is 0 Å². The molecule has 0 unspecified atom stereocenters.